The highest BCUT2D eigenvalue weighted by Gasteiger charge is 2.41. The van der Waals surface area contributed by atoms with Gasteiger partial charge in [0.1, 0.15) is 4.32 Å². The van der Waals surface area contributed by atoms with Crippen LogP contribution in [0.3, 0.4) is 0 Å². The second-order valence-corrected chi connectivity index (χ2v) is 7.86. The number of alkyl halides is 1. The SMILES string of the molecule is COc1cc2c(cc1OC)C(Br)(c1ccccc1C)c1ccccc1C2. The minimum Gasteiger partial charge on any atom is -0.493 e. The molecule has 3 heteroatoms. The first-order chi connectivity index (χ1) is 12.6. The highest BCUT2D eigenvalue weighted by molar-refractivity contribution is 9.10. The Kier molecular flexibility index (Phi) is 4.28. The monoisotopic (exact) mass is 408 g/mol. The Labute approximate surface area is 162 Å². The maximum absolute atomic E-state index is 5.60. The molecule has 3 aromatic carbocycles. The van der Waals surface area contributed by atoms with Gasteiger partial charge >= 0.3 is 0 Å². The zero-order chi connectivity index (χ0) is 18.3. The van der Waals surface area contributed by atoms with E-state index in [0.29, 0.717) is 0 Å². The maximum atomic E-state index is 5.60. The Morgan fingerprint density at radius 3 is 2.08 bits per heavy atom. The fourth-order valence-electron chi connectivity index (χ4n) is 4.00. The number of halogens is 1. The zero-order valence-corrected chi connectivity index (χ0v) is 16.8. The van der Waals surface area contributed by atoms with Crippen molar-refractivity contribution < 1.29 is 9.47 Å². The molecule has 0 spiro atoms. The van der Waals surface area contributed by atoms with E-state index in [2.05, 4.69) is 83.5 Å². The van der Waals surface area contributed by atoms with E-state index in [1.807, 2.05) is 0 Å². The van der Waals surface area contributed by atoms with Gasteiger partial charge < -0.3 is 9.47 Å². The lowest BCUT2D eigenvalue weighted by molar-refractivity contribution is 0.354. The van der Waals surface area contributed by atoms with Crippen LogP contribution in [0.4, 0.5) is 0 Å². The fourth-order valence-corrected chi connectivity index (χ4v) is 5.20. The predicted octanol–water partition coefficient (Wildman–Crippen LogP) is 5.60. The molecule has 1 atom stereocenters. The summed E-state index contributed by atoms with van der Waals surface area (Å²) in [6, 6.07) is 21.4. The average molecular weight is 409 g/mol. The molecule has 2 nitrogen and oxygen atoms in total. The number of hydrogen-bond donors (Lipinski definition) is 0. The summed E-state index contributed by atoms with van der Waals surface area (Å²) >= 11 is 4.17. The summed E-state index contributed by atoms with van der Waals surface area (Å²) in [7, 11) is 3.37. The second kappa shape index (κ2) is 6.48. The first kappa shape index (κ1) is 17.2. The zero-order valence-electron chi connectivity index (χ0n) is 15.2. The molecule has 0 radical (unpaired) electrons. The summed E-state index contributed by atoms with van der Waals surface area (Å²) in [5.41, 5.74) is 7.58. The number of ether oxygens (including phenoxy) is 2. The molecule has 0 saturated carbocycles. The molecule has 0 N–H and O–H groups in total. The van der Waals surface area contributed by atoms with Crippen molar-refractivity contribution in [2.45, 2.75) is 17.7 Å². The van der Waals surface area contributed by atoms with Crippen molar-refractivity contribution >= 4 is 15.9 Å². The lowest BCUT2D eigenvalue weighted by Gasteiger charge is -2.38. The molecule has 1 unspecified atom stereocenters. The normalized spacial score (nSPS) is 18.0. The molecule has 0 bridgehead atoms. The molecular formula is C23H21BrO2. The van der Waals surface area contributed by atoms with Crippen molar-refractivity contribution in [3.8, 4) is 11.5 Å². The van der Waals surface area contributed by atoms with Gasteiger partial charge in [0.2, 0.25) is 0 Å². The van der Waals surface area contributed by atoms with Gasteiger partial charge in [-0.15, -0.1) is 0 Å². The topological polar surface area (TPSA) is 18.5 Å². The number of aryl methyl sites for hydroxylation is 1. The Morgan fingerprint density at radius 1 is 0.769 bits per heavy atom. The van der Waals surface area contributed by atoms with E-state index < -0.39 is 4.32 Å². The van der Waals surface area contributed by atoms with E-state index in [4.69, 9.17) is 9.47 Å². The number of methoxy groups -OCH3 is 2. The average Bonchev–Trinajstić information content (AvgIpc) is 2.67. The van der Waals surface area contributed by atoms with E-state index >= 15 is 0 Å². The molecule has 1 aliphatic carbocycles. The van der Waals surface area contributed by atoms with Crippen molar-refractivity contribution in [3.05, 3.63) is 94.0 Å². The van der Waals surface area contributed by atoms with E-state index in [-0.39, 0.29) is 0 Å². The summed E-state index contributed by atoms with van der Waals surface area (Å²) in [5, 5.41) is 0. The summed E-state index contributed by atoms with van der Waals surface area (Å²) in [6.07, 6.45) is 0.880. The van der Waals surface area contributed by atoms with E-state index in [1.54, 1.807) is 14.2 Å². The van der Waals surface area contributed by atoms with Gasteiger partial charge in [-0.1, -0.05) is 64.5 Å². The minimum absolute atomic E-state index is 0.415. The van der Waals surface area contributed by atoms with Crippen LogP contribution >= 0.6 is 15.9 Å². The van der Waals surface area contributed by atoms with Gasteiger partial charge in [-0.25, -0.2) is 0 Å². The highest BCUT2D eigenvalue weighted by atomic mass is 79.9. The molecule has 0 aromatic heterocycles. The molecule has 0 heterocycles. The summed E-state index contributed by atoms with van der Waals surface area (Å²) < 4.78 is 10.7. The molecule has 1 aliphatic rings. The van der Waals surface area contributed by atoms with Crippen LogP contribution in [-0.4, -0.2) is 14.2 Å². The van der Waals surface area contributed by atoms with Crippen molar-refractivity contribution in [1.82, 2.24) is 0 Å². The van der Waals surface area contributed by atoms with Crippen molar-refractivity contribution in [1.29, 1.82) is 0 Å². The number of hydrogen-bond acceptors (Lipinski definition) is 2. The van der Waals surface area contributed by atoms with E-state index in [9.17, 15) is 0 Å². The summed E-state index contributed by atoms with van der Waals surface area (Å²) in [5.74, 6) is 1.52. The minimum atomic E-state index is -0.415. The van der Waals surface area contributed by atoms with Crippen molar-refractivity contribution in [2.24, 2.45) is 0 Å². The first-order valence-electron chi connectivity index (χ1n) is 8.68. The first-order valence-corrected chi connectivity index (χ1v) is 9.47. The lowest BCUT2D eigenvalue weighted by Crippen LogP contribution is -2.29. The third kappa shape index (κ3) is 2.45. The predicted molar refractivity (Wildman–Crippen MR) is 109 cm³/mol. The lowest BCUT2D eigenvalue weighted by atomic mass is 9.73. The molecule has 3 aromatic rings. The van der Waals surface area contributed by atoms with Gasteiger partial charge in [0.05, 0.1) is 14.2 Å². The molecule has 0 amide bonds. The van der Waals surface area contributed by atoms with Gasteiger partial charge in [0, 0.05) is 0 Å². The Bertz CT molecular complexity index is 967. The number of fused-ring (bicyclic) bond motifs is 2. The third-order valence-electron chi connectivity index (χ3n) is 5.27. The summed E-state index contributed by atoms with van der Waals surface area (Å²) in [4.78, 5) is 0. The van der Waals surface area contributed by atoms with Gasteiger partial charge in [0.25, 0.3) is 0 Å². The van der Waals surface area contributed by atoms with Crippen LogP contribution in [0.15, 0.2) is 60.7 Å². The van der Waals surface area contributed by atoms with Gasteiger partial charge in [-0.3, -0.25) is 0 Å². The van der Waals surface area contributed by atoms with Gasteiger partial charge in [0.15, 0.2) is 11.5 Å². The van der Waals surface area contributed by atoms with Crippen LogP contribution < -0.4 is 9.47 Å². The fraction of sp³-hybridized carbons (Fsp3) is 0.217. The van der Waals surface area contributed by atoms with Crippen molar-refractivity contribution in [2.75, 3.05) is 14.2 Å². The Balaban J connectivity index is 2.07. The molecule has 26 heavy (non-hydrogen) atoms. The summed E-state index contributed by atoms with van der Waals surface area (Å²) in [6.45, 7) is 2.16. The quantitative estimate of drug-likeness (QED) is 0.524. The van der Waals surface area contributed by atoms with E-state index in [1.165, 1.54) is 33.4 Å². The molecule has 4 rings (SSSR count). The largest absolute Gasteiger partial charge is 0.493 e. The van der Waals surface area contributed by atoms with Crippen LogP contribution in [0.25, 0.3) is 0 Å². The molecule has 132 valence electrons. The number of benzene rings is 3. The van der Waals surface area contributed by atoms with Crippen LogP contribution in [0, 0.1) is 6.92 Å². The molecule has 0 fully saturated rings. The Hall–Kier alpha value is -2.26. The molecule has 0 aliphatic heterocycles. The van der Waals surface area contributed by atoms with Crippen LogP contribution in [-0.2, 0) is 10.7 Å². The Morgan fingerprint density at radius 2 is 1.38 bits per heavy atom. The second-order valence-electron chi connectivity index (χ2n) is 6.67. The highest BCUT2D eigenvalue weighted by Crippen LogP contribution is 2.53. The maximum Gasteiger partial charge on any atom is 0.161 e. The number of rotatable bonds is 3. The standard InChI is InChI=1S/C23H21BrO2/c1-15-8-4-6-10-18(15)23(24)19-11-7-5-9-16(19)12-17-13-21(25-2)22(26-3)14-20(17)23/h4-11,13-14H,12H2,1-3H3. The third-order valence-corrected chi connectivity index (χ3v) is 6.55. The van der Waals surface area contributed by atoms with Crippen LogP contribution in [0.1, 0.15) is 33.4 Å². The van der Waals surface area contributed by atoms with Gasteiger partial charge in [-0.2, -0.15) is 0 Å². The molecule has 0 saturated heterocycles. The van der Waals surface area contributed by atoms with Crippen LogP contribution in [0.5, 0.6) is 11.5 Å². The van der Waals surface area contributed by atoms with Crippen molar-refractivity contribution in [3.63, 3.8) is 0 Å². The smallest absolute Gasteiger partial charge is 0.161 e. The van der Waals surface area contributed by atoms with Crippen LogP contribution in [0.2, 0.25) is 0 Å². The van der Waals surface area contributed by atoms with Gasteiger partial charge in [-0.05, 0) is 58.9 Å². The molecular weight excluding hydrogens is 388 g/mol. The van der Waals surface area contributed by atoms with E-state index in [0.717, 1.165) is 17.9 Å².